The van der Waals surface area contributed by atoms with Crippen molar-refractivity contribution in [1.29, 1.82) is 0 Å². The molecule has 1 aromatic carbocycles. The maximum absolute atomic E-state index is 14.1. The normalized spacial score (nSPS) is 16.9. The molecular formula is C32H49N7O8. The van der Waals surface area contributed by atoms with Gasteiger partial charge in [-0.25, -0.2) is 4.79 Å². The molecule has 260 valence electrons. The summed E-state index contributed by atoms with van der Waals surface area (Å²) in [6.07, 6.45) is 1.05. The summed E-state index contributed by atoms with van der Waals surface area (Å²) in [5.74, 6) is -5.17. The second kappa shape index (κ2) is 16.7. The van der Waals surface area contributed by atoms with Crippen molar-refractivity contribution in [2.75, 3.05) is 32.1 Å². The third-order valence-electron chi connectivity index (χ3n) is 8.06. The number of likely N-dealkylation sites (tertiary alicyclic amines) is 1. The summed E-state index contributed by atoms with van der Waals surface area (Å²) in [4.78, 5) is 93.5. The van der Waals surface area contributed by atoms with E-state index in [1.807, 2.05) is 13.8 Å². The first-order chi connectivity index (χ1) is 22.0. The van der Waals surface area contributed by atoms with Gasteiger partial charge in [-0.15, -0.1) is 0 Å². The lowest BCUT2D eigenvalue weighted by Gasteiger charge is -2.41. The number of methoxy groups -OCH3 is 1. The zero-order chi connectivity index (χ0) is 35.6. The molecule has 0 aliphatic carbocycles. The molecule has 0 bridgehead atoms. The van der Waals surface area contributed by atoms with Gasteiger partial charge in [0.1, 0.15) is 18.1 Å². The van der Waals surface area contributed by atoms with Crippen molar-refractivity contribution in [3.8, 4) is 0 Å². The van der Waals surface area contributed by atoms with Gasteiger partial charge in [0.15, 0.2) is 5.54 Å². The second-order valence-electron chi connectivity index (χ2n) is 12.6. The van der Waals surface area contributed by atoms with Crippen molar-refractivity contribution in [2.45, 2.75) is 84.0 Å². The molecule has 15 nitrogen and oxygen atoms in total. The summed E-state index contributed by atoms with van der Waals surface area (Å²) in [6, 6.07) is 3.22. The lowest BCUT2D eigenvalue weighted by atomic mass is 9.84. The SMILES string of the molecule is COC(=O)c1ccccc1N(C)[C@](CC(C)C)(C(N)=O)C(=O)N[C@@H](C)C(=O)N1CCC[C@H]1C(=O)N[C@@H](CC(C)C)C(=O)NCC(N)=O. The van der Waals surface area contributed by atoms with E-state index in [2.05, 4.69) is 16.0 Å². The van der Waals surface area contributed by atoms with Crippen LogP contribution in [0.3, 0.4) is 0 Å². The van der Waals surface area contributed by atoms with Crippen molar-refractivity contribution < 1.29 is 38.3 Å². The van der Waals surface area contributed by atoms with Gasteiger partial charge < -0.3 is 42.0 Å². The van der Waals surface area contributed by atoms with Gasteiger partial charge >= 0.3 is 5.97 Å². The number of benzene rings is 1. The molecule has 2 rings (SSSR count). The zero-order valence-electron chi connectivity index (χ0n) is 28.3. The van der Waals surface area contributed by atoms with Crippen molar-refractivity contribution in [2.24, 2.45) is 23.3 Å². The van der Waals surface area contributed by atoms with Crippen molar-refractivity contribution in [1.82, 2.24) is 20.9 Å². The van der Waals surface area contributed by atoms with Crippen LogP contribution >= 0.6 is 0 Å². The van der Waals surface area contributed by atoms with Gasteiger partial charge in [-0.2, -0.15) is 0 Å². The Morgan fingerprint density at radius 3 is 2.19 bits per heavy atom. The number of rotatable bonds is 16. The van der Waals surface area contributed by atoms with E-state index in [1.165, 1.54) is 36.9 Å². The minimum atomic E-state index is -2.02. The van der Waals surface area contributed by atoms with E-state index < -0.39 is 65.1 Å². The topological polar surface area (TPSA) is 223 Å². The van der Waals surface area contributed by atoms with Crippen LogP contribution in [0.4, 0.5) is 5.69 Å². The highest BCUT2D eigenvalue weighted by Gasteiger charge is 2.50. The predicted molar refractivity (Wildman–Crippen MR) is 173 cm³/mol. The van der Waals surface area contributed by atoms with E-state index in [0.29, 0.717) is 12.8 Å². The van der Waals surface area contributed by atoms with Crippen molar-refractivity contribution >= 4 is 47.1 Å². The molecule has 0 aromatic heterocycles. The summed E-state index contributed by atoms with van der Waals surface area (Å²) in [6.45, 7) is 8.61. The third kappa shape index (κ3) is 9.42. The lowest BCUT2D eigenvalue weighted by Crippen LogP contribution is -2.67. The van der Waals surface area contributed by atoms with Crippen molar-refractivity contribution in [3.63, 3.8) is 0 Å². The first kappa shape index (κ1) is 38.5. The number of carbonyl (C=O) groups excluding carboxylic acids is 7. The van der Waals surface area contributed by atoms with Crippen LogP contribution in [0.5, 0.6) is 0 Å². The summed E-state index contributed by atoms with van der Waals surface area (Å²) in [5, 5.41) is 7.75. The highest BCUT2D eigenvalue weighted by molar-refractivity contribution is 6.14. The Balaban J connectivity index is 2.34. The molecule has 1 heterocycles. The molecule has 1 saturated heterocycles. The molecule has 0 spiro atoms. The lowest BCUT2D eigenvalue weighted by molar-refractivity contribution is -0.143. The number of nitrogens with zero attached hydrogens (tertiary/aromatic N) is 2. The summed E-state index contributed by atoms with van der Waals surface area (Å²) in [7, 11) is 2.68. The van der Waals surface area contributed by atoms with Crippen molar-refractivity contribution in [3.05, 3.63) is 29.8 Å². The second-order valence-corrected chi connectivity index (χ2v) is 12.6. The number of ether oxygens (including phenoxy) is 1. The first-order valence-electron chi connectivity index (χ1n) is 15.7. The average Bonchev–Trinajstić information content (AvgIpc) is 3.50. The van der Waals surface area contributed by atoms with Gasteiger partial charge in [0.25, 0.3) is 11.8 Å². The van der Waals surface area contributed by atoms with E-state index in [9.17, 15) is 33.6 Å². The Kier molecular flexibility index (Phi) is 13.7. The van der Waals surface area contributed by atoms with Crippen LogP contribution in [-0.4, -0.2) is 97.2 Å². The molecule has 1 aliphatic heterocycles. The van der Waals surface area contributed by atoms with Crippen LogP contribution < -0.4 is 32.3 Å². The van der Waals surface area contributed by atoms with Gasteiger partial charge in [0.2, 0.25) is 23.6 Å². The number of primary amides is 2. The van der Waals surface area contributed by atoms with Crippen LogP contribution in [-0.2, 0) is 33.5 Å². The van der Waals surface area contributed by atoms with E-state index in [0.717, 1.165) is 0 Å². The first-order valence-corrected chi connectivity index (χ1v) is 15.7. The molecular weight excluding hydrogens is 610 g/mol. The molecule has 6 amide bonds. The predicted octanol–water partition coefficient (Wildman–Crippen LogP) is -0.192. The molecule has 1 aromatic rings. The average molecular weight is 660 g/mol. The summed E-state index contributed by atoms with van der Waals surface area (Å²) in [5.41, 5.74) is 9.38. The number of carbonyl (C=O) groups is 7. The minimum Gasteiger partial charge on any atom is -0.465 e. The molecule has 4 atom stereocenters. The largest absolute Gasteiger partial charge is 0.465 e. The van der Waals surface area contributed by atoms with E-state index >= 15 is 0 Å². The molecule has 0 unspecified atom stereocenters. The van der Waals surface area contributed by atoms with Crippen LogP contribution in [0.15, 0.2) is 24.3 Å². The smallest absolute Gasteiger partial charge is 0.339 e. The van der Waals surface area contributed by atoms with Crippen LogP contribution in [0, 0.1) is 11.8 Å². The van der Waals surface area contributed by atoms with E-state index in [-0.39, 0.29) is 49.0 Å². The number of amides is 6. The van der Waals surface area contributed by atoms with Gasteiger partial charge in [-0.05, 0) is 56.6 Å². The standard InChI is InChI=1S/C32H49N7O8/c1-18(2)15-22(26(41)35-17-25(33)40)37-27(42)24-13-10-14-39(24)28(43)20(5)36-31(46)32(30(34)45,16-19(3)4)38(6)23-12-9-8-11-21(23)29(44)47-7/h8-9,11-12,18-20,22,24H,10,13-17H2,1-7H3,(H2,33,40)(H2,34,45)(H,35,41)(H,36,46)(H,37,42)/t20-,22-,24-,32+/m0/s1. The molecule has 15 heteroatoms. The zero-order valence-corrected chi connectivity index (χ0v) is 28.3. The summed E-state index contributed by atoms with van der Waals surface area (Å²) >= 11 is 0. The van der Waals surface area contributed by atoms with Crippen LogP contribution in [0.25, 0.3) is 0 Å². The van der Waals surface area contributed by atoms with Gasteiger partial charge in [-0.1, -0.05) is 39.8 Å². The Hall–Kier alpha value is -4.69. The number of likely N-dealkylation sites (N-methyl/N-ethyl adjacent to an activating group) is 1. The quantitative estimate of drug-likeness (QED) is 0.117. The number of hydrogen-bond acceptors (Lipinski definition) is 9. The fraction of sp³-hybridized carbons (Fsp3) is 0.594. The minimum absolute atomic E-state index is 0.0188. The molecule has 1 aliphatic rings. The maximum atomic E-state index is 14.1. The summed E-state index contributed by atoms with van der Waals surface area (Å²) < 4.78 is 4.90. The molecule has 7 N–H and O–H groups in total. The van der Waals surface area contributed by atoms with Gasteiger partial charge in [-0.3, -0.25) is 28.8 Å². The van der Waals surface area contributed by atoms with Crippen LogP contribution in [0.2, 0.25) is 0 Å². The molecule has 1 fully saturated rings. The Morgan fingerprint density at radius 2 is 1.64 bits per heavy atom. The Morgan fingerprint density at radius 1 is 1.00 bits per heavy atom. The van der Waals surface area contributed by atoms with Crippen LogP contribution in [0.1, 0.15) is 70.7 Å². The number of nitrogens with two attached hydrogens (primary N) is 2. The van der Waals surface area contributed by atoms with Gasteiger partial charge in [0, 0.05) is 13.6 Å². The van der Waals surface area contributed by atoms with E-state index in [1.54, 1.807) is 32.0 Å². The monoisotopic (exact) mass is 659 g/mol. The number of hydrogen-bond donors (Lipinski definition) is 5. The number of esters is 1. The van der Waals surface area contributed by atoms with Gasteiger partial charge in [0.05, 0.1) is 24.9 Å². The fourth-order valence-electron chi connectivity index (χ4n) is 5.80. The number of nitrogens with one attached hydrogen (secondary N) is 3. The molecule has 47 heavy (non-hydrogen) atoms. The number of anilines is 1. The van der Waals surface area contributed by atoms with E-state index in [4.69, 9.17) is 16.2 Å². The third-order valence-corrected chi connectivity index (χ3v) is 8.06. The fourth-order valence-corrected chi connectivity index (χ4v) is 5.80. The molecule has 0 saturated carbocycles. The maximum Gasteiger partial charge on any atom is 0.339 e. The Bertz CT molecular complexity index is 1350. The molecule has 0 radical (unpaired) electrons. The highest BCUT2D eigenvalue weighted by Crippen LogP contribution is 2.32. The Labute approximate surface area is 275 Å². The highest BCUT2D eigenvalue weighted by atomic mass is 16.5. The number of para-hydroxylation sites is 1.